The third-order valence-electron chi connectivity index (χ3n) is 1.66. The summed E-state index contributed by atoms with van der Waals surface area (Å²) in [6.07, 6.45) is 0. The van der Waals surface area contributed by atoms with Crippen LogP contribution >= 0.6 is 11.6 Å². The topological polar surface area (TPSA) is 79.2 Å². The average molecular weight is 261 g/mol. The van der Waals surface area contributed by atoms with Crippen molar-refractivity contribution in [2.45, 2.75) is 11.8 Å². The number of rotatable bonds is 4. The lowest BCUT2D eigenvalue weighted by atomic mass is 10.2. The number of sulfonamides is 1. The zero-order valence-electron chi connectivity index (χ0n) is 8.40. The fourth-order valence-corrected chi connectivity index (χ4v) is 2.38. The second-order valence-electron chi connectivity index (χ2n) is 2.78. The van der Waals surface area contributed by atoms with Crippen molar-refractivity contribution in [2.75, 3.05) is 6.61 Å². The molecule has 0 aliphatic heterocycles. The molecule has 0 unspecified atom stereocenters. The van der Waals surface area contributed by atoms with Gasteiger partial charge in [-0.1, -0.05) is 16.5 Å². The van der Waals surface area contributed by atoms with E-state index in [-0.39, 0.29) is 16.5 Å². The summed E-state index contributed by atoms with van der Waals surface area (Å²) in [5, 5.41) is 8.58. The van der Waals surface area contributed by atoms with Crippen LogP contribution in [-0.2, 0) is 14.9 Å². The third-order valence-corrected chi connectivity index (χ3v) is 3.36. The zero-order valence-corrected chi connectivity index (χ0v) is 9.97. The van der Waals surface area contributed by atoms with Crippen molar-refractivity contribution >= 4 is 21.6 Å². The SMILES string of the molecule is CCONS(=O)(=O)c1ccc(C#N)cc1Cl. The van der Waals surface area contributed by atoms with Gasteiger partial charge in [0.2, 0.25) is 0 Å². The first-order chi connectivity index (χ1) is 7.51. The van der Waals surface area contributed by atoms with Gasteiger partial charge in [-0.25, -0.2) is 8.42 Å². The van der Waals surface area contributed by atoms with Gasteiger partial charge >= 0.3 is 0 Å². The standard InChI is InChI=1S/C9H9ClN2O3S/c1-2-15-12-16(13,14)9-4-3-7(6-11)5-8(9)10/h3-5,12H,2H2,1H3. The van der Waals surface area contributed by atoms with Gasteiger partial charge < -0.3 is 0 Å². The molecule has 1 rings (SSSR count). The van der Waals surface area contributed by atoms with Gasteiger partial charge in [-0.3, -0.25) is 4.84 Å². The summed E-state index contributed by atoms with van der Waals surface area (Å²) in [7, 11) is -3.79. The van der Waals surface area contributed by atoms with Crippen LogP contribution < -0.4 is 4.89 Å². The number of hydrogen-bond donors (Lipinski definition) is 1. The fraction of sp³-hybridized carbons (Fsp3) is 0.222. The van der Waals surface area contributed by atoms with E-state index >= 15 is 0 Å². The minimum atomic E-state index is -3.79. The molecule has 0 aromatic heterocycles. The van der Waals surface area contributed by atoms with Crippen molar-refractivity contribution in [3.8, 4) is 6.07 Å². The van der Waals surface area contributed by atoms with E-state index in [1.54, 1.807) is 6.92 Å². The molecule has 0 aliphatic carbocycles. The summed E-state index contributed by atoms with van der Waals surface area (Å²) < 4.78 is 23.2. The van der Waals surface area contributed by atoms with Crippen LogP contribution in [0.25, 0.3) is 0 Å². The summed E-state index contributed by atoms with van der Waals surface area (Å²) in [5.74, 6) is 0. The summed E-state index contributed by atoms with van der Waals surface area (Å²) in [6, 6.07) is 5.76. The lowest BCUT2D eigenvalue weighted by molar-refractivity contribution is 0.105. The van der Waals surface area contributed by atoms with Crippen molar-refractivity contribution in [1.82, 2.24) is 4.89 Å². The second-order valence-corrected chi connectivity index (χ2v) is 4.80. The first kappa shape index (κ1) is 12.9. The number of nitriles is 1. The van der Waals surface area contributed by atoms with Gasteiger partial charge in [0.05, 0.1) is 23.3 Å². The largest absolute Gasteiger partial charge is 0.287 e. The molecular weight excluding hydrogens is 252 g/mol. The van der Waals surface area contributed by atoms with Gasteiger partial charge in [-0.05, 0) is 25.1 Å². The molecule has 86 valence electrons. The molecule has 0 radical (unpaired) electrons. The molecule has 0 amide bonds. The molecule has 0 saturated carbocycles. The fourth-order valence-electron chi connectivity index (χ4n) is 0.970. The molecule has 5 nitrogen and oxygen atoms in total. The highest BCUT2D eigenvalue weighted by Crippen LogP contribution is 2.22. The molecule has 0 saturated heterocycles. The lowest BCUT2D eigenvalue weighted by Crippen LogP contribution is -2.24. The molecule has 0 aliphatic rings. The van der Waals surface area contributed by atoms with Crippen LogP contribution in [0, 0.1) is 11.3 Å². The second kappa shape index (κ2) is 5.27. The number of nitrogens with one attached hydrogen (secondary N) is 1. The first-order valence-electron chi connectivity index (χ1n) is 4.34. The van der Waals surface area contributed by atoms with Crippen LogP contribution in [0.5, 0.6) is 0 Å². The van der Waals surface area contributed by atoms with Gasteiger partial charge in [0.15, 0.2) is 0 Å². The van der Waals surface area contributed by atoms with E-state index in [0.29, 0.717) is 5.56 Å². The first-order valence-corrected chi connectivity index (χ1v) is 6.20. The minimum Gasteiger partial charge on any atom is -0.287 e. The Morgan fingerprint density at radius 3 is 2.75 bits per heavy atom. The smallest absolute Gasteiger partial charge is 0.263 e. The van der Waals surface area contributed by atoms with Gasteiger partial charge in [0.1, 0.15) is 4.90 Å². The predicted molar refractivity (Wildman–Crippen MR) is 58.1 cm³/mol. The van der Waals surface area contributed by atoms with Crippen LogP contribution in [0.4, 0.5) is 0 Å². The molecule has 0 spiro atoms. The number of halogens is 1. The highest BCUT2D eigenvalue weighted by molar-refractivity contribution is 7.89. The van der Waals surface area contributed by atoms with Crippen molar-refractivity contribution in [1.29, 1.82) is 5.26 Å². The van der Waals surface area contributed by atoms with Crippen molar-refractivity contribution < 1.29 is 13.3 Å². The Labute approximate surface area is 98.6 Å². The number of hydrogen-bond acceptors (Lipinski definition) is 4. The Hall–Kier alpha value is -1.13. The Balaban J connectivity index is 3.10. The highest BCUT2D eigenvalue weighted by Gasteiger charge is 2.18. The number of benzene rings is 1. The Bertz CT molecular complexity index is 522. The summed E-state index contributed by atoms with van der Waals surface area (Å²) in [4.78, 5) is 6.39. The summed E-state index contributed by atoms with van der Waals surface area (Å²) in [5.41, 5.74) is 0.292. The molecule has 0 atom stereocenters. The van der Waals surface area contributed by atoms with Crippen molar-refractivity contribution in [3.05, 3.63) is 28.8 Å². The van der Waals surface area contributed by atoms with E-state index in [2.05, 4.69) is 4.84 Å². The van der Waals surface area contributed by atoms with Gasteiger partial charge in [-0.15, -0.1) is 0 Å². The van der Waals surface area contributed by atoms with Crippen LogP contribution in [0.1, 0.15) is 12.5 Å². The highest BCUT2D eigenvalue weighted by atomic mass is 35.5. The third kappa shape index (κ3) is 2.93. The van der Waals surface area contributed by atoms with E-state index in [1.807, 2.05) is 11.0 Å². The maximum Gasteiger partial charge on any atom is 0.263 e. The Morgan fingerprint density at radius 1 is 1.56 bits per heavy atom. The maximum absolute atomic E-state index is 11.6. The van der Waals surface area contributed by atoms with Gasteiger partial charge in [-0.2, -0.15) is 5.26 Å². The Morgan fingerprint density at radius 2 is 2.25 bits per heavy atom. The summed E-state index contributed by atoms with van der Waals surface area (Å²) in [6.45, 7) is 1.84. The maximum atomic E-state index is 11.6. The van der Waals surface area contributed by atoms with E-state index in [9.17, 15) is 8.42 Å². The van der Waals surface area contributed by atoms with Crippen LogP contribution in [0.15, 0.2) is 23.1 Å². The zero-order chi connectivity index (χ0) is 12.2. The molecule has 0 heterocycles. The lowest BCUT2D eigenvalue weighted by Gasteiger charge is -2.07. The quantitative estimate of drug-likeness (QED) is 0.831. The average Bonchev–Trinajstić information content (AvgIpc) is 2.25. The molecule has 0 fully saturated rings. The van der Waals surface area contributed by atoms with Crippen LogP contribution in [-0.4, -0.2) is 15.0 Å². The minimum absolute atomic E-state index is 0.0220. The summed E-state index contributed by atoms with van der Waals surface area (Å²) >= 11 is 5.75. The van der Waals surface area contributed by atoms with Gasteiger partial charge in [0, 0.05) is 0 Å². The van der Waals surface area contributed by atoms with Crippen LogP contribution in [0.3, 0.4) is 0 Å². The molecule has 1 aromatic rings. The van der Waals surface area contributed by atoms with E-state index < -0.39 is 10.0 Å². The van der Waals surface area contributed by atoms with Crippen molar-refractivity contribution in [2.24, 2.45) is 0 Å². The monoisotopic (exact) mass is 260 g/mol. The van der Waals surface area contributed by atoms with E-state index in [1.165, 1.54) is 18.2 Å². The molecule has 1 aromatic carbocycles. The normalized spacial score (nSPS) is 11.1. The predicted octanol–water partition coefficient (Wildman–Crippen LogP) is 1.44. The van der Waals surface area contributed by atoms with E-state index in [4.69, 9.17) is 16.9 Å². The number of nitrogens with zero attached hydrogens (tertiary/aromatic N) is 1. The molecule has 1 N–H and O–H groups in total. The molecule has 0 bridgehead atoms. The van der Waals surface area contributed by atoms with Gasteiger partial charge in [0.25, 0.3) is 10.0 Å². The molecular formula is C9H9ClN2O3S. The molecule has 16 heavy (non-hydrogen) atoms. The van der Waals surface area contributed by atoms with E-state index in [0.717, 1.165) is 0 Å². The van der Waals surface area contributed by atoms with Crippen molar-refractivity contribution in [3.63, 3.8) is 0 Å². The van der Waals surface area contributed by atoms with Crippen LogP contribution in [0.2, 0.25) is 5.02 Å². The molecule has 7 heteroatoms. The Kier molecular flexibility index (Phi) is 4.26.